The summed E-state index contributed by atoms with van der Waals surface area (Å²) in [5.41, 5.74) is 0.255. The molecule has 0 spiro atoms. The van der Waals surface area contributed by atoms with E-state index in [9.17, 15) is 20.1 Å². The highest BCUT2D eigenvalue weighted by Gasteiger charge is 2.59. The highest BCUT2D eigenvalue weighted by Crippen LogP contribution is 2.55. The Morgan fingerprint density at radius 2 is 1.60 bits per heavy atom. The Hall–Kier alpha value is -3.15. The summed E-state index contributed by atoms with van der Waals surface area (Å²) in [7, 11) is 0. The Balaban J connectivity index is 1.39. The molecule has 0 radical (unpaired) electrons. The molecule has 1 aliphatic carbocycles. The van der Waals surface area contributed by atoms with Gasteiger partial charge in [0.15, 0.2) is 0 Å². The molecule has 10 heteroatoms. The van der Waals surface area contributed by atoms with Crippen LogP contribution in [-0.4, -0.2) is 60.6 Å². The lowest BCUT2D eigenvalue weighted by atomic mass is 9.60. The lowest BCUT2D eigenvalue weighted by Crippen LogP contribution is -2.67. The van der Waals surface area contributed by atoms with Gasteiger partial charge < -0.3 is 20.1 Å². The minimum Gasteiger partial charge on any atom is -0.465 e. The molecule has 4 aromatic rings. The van der Waals surface area contributed by atoms with Crippen LogP contribution < -0.4 is 0 Å². The van der Waals surface area contributed by atoms with Crippen LogP contribution in [0.1, 0.15) is 63.9 Å². The predicted molar refractivity (Wildman–Crippen MR) is 169 cm³/mol. The number of thiazole rings is 2. The maximum absolute atomic E-state index is 12.5. The molecule has 2 aromatic carbocycles. The summed E-state index contributed by atoms with van der Waals surface area (Å²) in [6, 6.07) is 18.1. The minimum absolute atomic E-state index is 0.325. The summed E-state index contributed by atoms with van der Waals surface area (Å²) >= 11 is 3.07. The third-order valence-electron chi connectivity index (χ3n) is 8.43. The topological polar surface area (TPSA) is 116 Å². The van der Waals surface area contributed by atoms with Crippen LogP contribution in [0.4, 0.5) is 4.79 Å². The smallest absolute Gasteiger partial charge is 0.408 e. The quantitative estimate of drug-likeness (QED) is 0.211. The molecule has 1 amide bonds. The van der Waals surface area contributed by atoms with Crippen LogP contribution in [-0.2, 0) is 15.9 Å². The molecule has 1 aliphatic heterocycles. The van der Waals surface area contributed by atoms with E-state index in [1.165, 1.54) is 16.2 Å². The van der Waals surface area contributed by atoms with Crippen molar-refractivity contribution in [1.82, 2.24) is 14.9 Å². The number of aromatic nitrogens is 2. The van der Waals surface area contributed by atoms with Gasteiger partial charge >= 0.3 is 6.09 Å². The van der Waals surface area contributed by atoms with Gasteiger partial charge in [0.25, 0.3) is 0 Å². The first-order valence-electron chi connectivity index (χ1n) is 14.5. The number of hydrogen-bond acceptors (Lipinski definition) is 8. The highest BCUT2D eigenvalue weighted by molar-refractivity contribution is 7.23. The number of carboxylic acid groups (broad SMARTS) is 1. The van der Waals surface area contributed by atoms with Crippen molar-refractivity contribution in [2.24, 2.45) is 0 Å². The second-order valence-electron chi connectivity index (χ2n) is 13.0. The van der Waals surface area contributed by atoms with Gasteiger partial charge in [-0.25, -0.2) is 14.8 Å². The van der Waals surface area contributed by atoms with Crippen LogP contribution in [0.3, 0.4) is 0 Å². The summed E-state index contributed by atoms with van der Waals surface area (Å²) in [5.74, 6) is 0. The van der Waals surface area contributed by atoms with Gasteiger partial charge in [0.05, 0.1) is 26.6 Å². The number of amides is 1. The first-order valence-corrected chi connectivity index (χ1v) is 16.1. The summed E-state index contributed by atoms with van der Waals surface area (Å²) in [4.78, 5) is 25.6. The van der Waals surface area contributed by atoms with Crippen LogP contribution in [0.5, 0.6) is 0 Å². The van der Waals surface area contributed by atoms with Crippen LogP contribution >= 0.6 is 22.7 Å². The molecule has 0 unspecified atom stereocenters. The average Bonchev–Trinajstić information content (AvgIpc) is 3.61. The zero-order valence-corrected chi connectivity index (χ0v) is 26.5. The second kappa shape index (κ2) is 10.8. The Kier molecular flexibility index (Phi) is 7.50. The van der Waals surface area contributed by atoms with Gasteiger partial charge in [-0.3, -0.25) is 4.90 Å². The number of rotatable bonds is 6. The number of ether oxygens (including phenoxy) is 1. The summed E-state index contributed by atoms with van der Waals surface area (Å²) < 4.78 is 5.45. The van der Waals surface area contributed by atoms with Gasteiger partial charge in [-0.2, -0.15) is 0 Å². The van der Waals surface area contributed by atoms with Gasteiger partial charge in [-0.1, -0.05) is 54.6 Å². The van der Waals surface area contributed by atoms with Crippen molar-refractivity contribution in [2.45, 2.75) is 75.7 Å². The molecule has 2 aliphatic rings. The van der Waals surface area contributed by atoms with E-state index in [-0.39, 0.29) is 0 Å². The number of carbonyl (C=O) groups is 1. The van der Waals surface area contributed by atoms with Crippen molar-refractivity contribution in [3.05, 3.63) is 71.4 Å². The third kappa shape index (κ3) is 5.51. The minimum atomic E-state index is -1.00. The fourth-order valence-corrected chi connectivity index (χ4v) is 8.86. The monoisotopic (exact) mass is 619 g/mol. The summed E-state index contributed by atoms with van der Waals surface area (Å²) in [5, 5.41) is 33.7. The molecular weight excluding hydrogens is 583 g/mol. The van der Waals surface area contributed by atoms with Gasteiger partial charge in [0, 0.05) is 56.2 Å². The van der Waals surface area contributed by atoms with Gasteiger partial charge in [-0.05, 0) is 38.8 Å². The van der Waals surface area contributed by atoms with Crippen molar-refractivity contribution in [1.29, 1.82) is 0 Å². The molecular formula is C33H37N3O5S2. The lowest BCUT2D eigenvalue weighted by Gasteiger charge is -2.60. The highest BCUT2D eigenvalue weighted by atomic mass is 32.1. The third-order valence-corrected chi connectivity index (χ3v) is 10.9. The van der Waals surface area contributed by atoms with Gasteiger partial charge in [0.1, 0.15) is 15.6 Å². The fourth-order valence-electron chi connectivity index (χ4n) is 6.67. The molecule has 0 bridgehead atoms. The lowest BCUT2D eigenvalue weighted by molar-refractivity contribution is -0.152. The van der Waals surface area contributed by atoms with Gasteiger partial charge in [-0.15, -0.1) is 22.7 Å². The summed E-state index contributed by atoms with van der Waals surface area (Å²) in [6.07, 6.45) is 2.49. The van der Waals surface area contributed by atoms with Crippen LogP contribution in [0.2, 0.25) is 0 Å². The Bertz CT molecular complexity index is 1610. The van der Waals surface area contributed by atoms with E-state index in [0.717, 1.165) is 37.1 Å². The average molecular weight is 620 g/mol. The molecule has 8 nitrogen and oxygen atoms in total. The van der Waals surface area contributed by atoms with E-state index in [2.05, 4.69) is 17.1 Å². The van der Waals surface area contributed by atoms with E-state index in [0.29, 0.717) is 43.9 Å². The van der Waals surface area contributed by atoms with Crippen molar-refractivity contribution < 1.29 is 24.9 Å². The Labute approximate surface area is 259 Å². The van der Waals surface area contributed by atoms with E-state index < -0.39 is 28.4 Å². The Morgan fingerprint density at radius 1 is 0.953 bits per heavy atom. The van der Waals surface area contributed by atoms with Crippen LogP contribution in [0.25, 0.3) is 31.6 Å². The second-order valence-corrected chi connectivity index (χ2v) is 15.0. The molecule has 43 heavy (non-hydrogen) atoms. The normalized spacial score (nSPS) is 23.5. The van der Waals surface area contributed by atoms with E-state index >= 15 is 0 Å². The summed E-state index contributed by atoms with van der Waals surface area (Å²) in [6.45, 7) is 8.45. The zero-order chi connectivity index (χ0) is 30.6. The molecule has 226 valence electrons. The van der Waals surface area contributed by atoms with E-state index in [4.69, 9.17) is 9.72 Å². The fraction of sp³-hybridized carbons (Fsp3) is 0.424. The van der Waals surface area contributed by atoms with Crippen LogP contribution in [0.15, 0.2) is 60.8 Å². The molecule has 3 N–H and O–H groups in total. The van der Waals surface area contributed by atoms with E-state index in [1.807, 2.05) is 63.2 Å². The molecule has 2 aromatic heterocycles. The molecule has 1 saturated carbocycles. The first kappa shape index (κ1) is 29.9. The first-order chi connectivity index (χ1) is 20.3. The molecule has 1 saturated heterocycles. The SMILES string of the molecule is CC(C)(C)N(C(=O)O)[C@]1(c2ccc(-c3nc(-c4cnc(C5(O)CCOCC5)s4)sc3-c3ccccc3)cc2)C[C@](C)(O)C1. The van der Waals surface area contributed by atoms with Gasteiger partial charge in [0.2, 0.25) is 0 Å². The van der Waals surface area contributed by atoms with Crippen molar-refractivity contribution in [2.75, 3.05) is 13.2 Å². The predicted octanol–water partition coefficient (Wildman–Crippen LogP) is 7.12. The number of hydrogen-bond donors (Lipinski definition) is 3. The number of aliphatic hydroxyl groups is 2. The maximum Gasteiger partial charge on any atom is 0.408 e. The van der Waals surface area contributed by atoms with Crippen molar-refractivity contribution in [3.63, 3.8) is 0 Å². The van der Waals surface area contributed by atoms with E-state index in [1.54, 1.807) is 24.5 Å². The zero-order valence-electron chi connectivity index (χ0n) is 24.8. The van der Waals surface area contributed by atoms with Crippen molar-refractivity contribution >= 4 is 28.8 Å². The van der Waals surface area contributed by atoms with Crippen molar-refractivity contribution in [3.8, 4) is 31.6 Å². The largest absolute Gasteiger partial charge is 0.465 e. The number of nitrogens with zero attached hydrogens (tertiary/aromatic N) is 3. The number of benzene rings is 2. The maximum atomic E-state index is 12.5. The standard InChI is InChI=1S/C33H37N3O5S2/c1-30(2,3)36(29(37)38)32(19-31(4,39)20-32)23-12-10-21(11-13-23)25-26(22-8-6-5-7-9-22)43-27(35-25)24-18-34-28(42-24)33(40)14-16-41-17-15-33/h5-13,18,39-40H,14-17,19-20H2,1-4H3,(H,37,38)/t31-,32+. The van der Waals surface area contributed by atoms with Crippen LogP contribution in [0, 0.1) is 0 Å². The molecule has 2 fully saturated rings. The molecule has 0 atom stereocenters. The molecule has 6 rings (SSSR count). The molecule has 3 heterocycles. The Morgan fingerprint density at radius 3 is 2.19 bits per heavy atom.